The molecule has 3 heterocycles. The summed E-state index contributed by atoms with van der Waals surface area (Å²) < 4.78 is 5.48. The second-order valence-electron chi connectivity index (χ2n) is 5.04. The molecule has 3 saturated heterocycles. The Morgan fingerprint density at radius 1 is 1.36 bits per heavy atom. The molecule has 0 bridgehead atoms. The molecule has 0 spiro atoms. The number of hydrogen-bond donors (Lipinski definition) is 1. The first kappa shape index (κ1) is 9.13. The fraction of sp³-hybridized carbons (Fsp3) is 1.00. The zero-order valence-electron chi connectivity index (χ0n) is 8.91. The van der Waals surface area contributed by atoms with Gasteiger partial charge in [-0.25, -0.2) is 0 Å². The number of nitrogens with zero attached hydrogens (tertiary/aromatic N) is 1. The Morgan fingerprint density at radius 3 is 3.00 bits per heavy atom. The third-order valence-electron chi connectivity index (χ3n) is 4.35. The fourth-order valence-electron chi connectivity index (χ4n) is 3.47. The minimum Gasteiger partial charge on any atom is -0.380 e. The number of likely N-dealkylation sites (tertiary alicyclic amines) is 1. The van der Waals surface area contributed by atoms with Crippen LogP contribution in [-0.4, -0.2) is 49.8 Å². The Kier molecular flexibility index (Phi) is 2.26. The number of ether oxygens (including phenoxy) is 1. The Morgan fingerprint density at radius 2 is 2.29 bits per heavy atom. The molecule has 3 fully saturated rings. The van der Waals surface area contributed by atoms with Gasteiger partial charge in [-0.15, -0.1) is 0 Å². The first-order valence-electron chi connectivity index (χ1n) is 5.90. The van der Waals surface area contributed by atoms with E-state index in [1.165, 1.54) is 26.1 Å². The minimum absolute atomic E-state index is 0.718. The molecule has 4 unspecified atom stereocenters. The lowest BCUT2D eigenvalue weighted by Gasteiger charge is -2.29. The third kappa shape index (κ3) is 1.30. The van der Waals surface area contributed by atoms with Crippen molar-refractivity contribution < 1.29 is 4.74 Å². The lowest BCUT2D eigenvalue weighted by atomic mass is 9.95. The van der Waals surface area contributed by atoms with Gasteiger partial charge in [-0.2, -0.15) is 0 Å². The standard InChI is InChI=1S/C11H20N2O/c1-8-11-5-12-4-9(11)6-13(8)10-2-3-14-7-10/h8-12H,2-7H2,1H3. The van der Waals surface area contributed by atoms with Crippen molar-refractivity contribution in [2.45, 2.75) is 25.4 Å². The maximum Gasteiger partial charge on any atom is 0.0622 e. The Hall–Kier alpha value is -0.120. The van der Waals surface area contributed by atoms with Crippen LogP contribution in [0.2, 0.25) is 0 Å². The van der Waals surface area contributed by atoms with Crippen molar-refractivity contribution in [2.24, 2.45) is 11.8 Å². The molecule has 0 aromatic rings. The highest BCUT2D eigenvalue weighted by atomic mass is 16.5. The highest BCUT2D eigenvalue weighted by Gasteiger charge is 2.44. The van der Waals surface area contributed by atoms with Gasteiger partial charge in [0, 0.05) is 25.2 Å². The van der Waals surface area contributed by atoms with E-state index in [9.17, 15) is 0 Å². The van der Waals surface area contributed by atoms with Crippen LogP contribution in [0.1, 0.15) is 13.3 Å². The van der Waals surface area contributed by atoms with Gasteiger partial charge in [0.15, 0.2) is 0 Å². The molecule has 4 atom stereocenters. The van der Waals surface area contributed by atoms with E-state index in [2.05, 4.69) is 17.1 Å². The number of fused-ring (bicyclic) bond motifs is 1. The molecule has 0 radical (unpaired) electrons. The van der Waals surface area contributed by atoms with E-state index >= 15 is 0 Å². The zero-order chi connectivity index (χ0) is 9.54. The molecule has 1 N–H and O–H groups in total. The highest BCUT2D eigenvalue weighted by Crippen LogP contribution is 2.34. The smallest absolute Gasteiger partial charge is 0.0622 e. The Balaban J connectivity index is 1.70. The highest BCUT2D eigenvalue weighted by molar-refractivity contribution is 4.99. The molecule has 80 valence electrons. The van der Waals surface area contributed by atoms with E-state index in [1.807, 2.05) is 0 Å². The summed E-state index contributed by atoms with van der Waals surface area (Å²) in [6.45, 7) is 8.11. The number of nitrogens with one attached hydrogen (secondary N) is 1. The average molecular weight is 196 g/mol. The molecule has 3 aliphatic heterocycles. The molecule has 3 aliphatic rings. The maximum atomic E-state index is 5.48. The van der Waals surface area contributed by atoms with E-state index in [4.69, 9.17) is 4.74 Å². The van der Waals surface area contributed by atoms with Crippen LogP contribution in [0.15, 0.2) is 0 Å². The summed E-state index contributed by atoms with van der Waals surface area (Å²) in [6.07, 6.45) is 1.25. The van der Waals surface area contributed by atoms with Crippen molar-refractivity contribution in [3.05, 3.63) is 0 Å². The Bertz CT molecular complexity index is 215. The van der Waals surface area contributed by atoms with Gasteiger partial charge in [0.1, 0.15) is 0 Å². The quantitative estimate of drug-likeness (QED) is 0.653. The van der Waals surface area contributed by atoms with Gasteiger partial charge in [0.2, 0.25) is 0 Å². The molecular formula is C11H20N2O. The summed E-state index contributed by atoms with van der Waals surface area (Å²) in [5.74, 6) is 1.81. The molecule has 0 aliphatic carbocycles. The molecule has 14 heavy (non-hydrogen) atoms. The lowest BCUT2D eigenvalue weighted by molar-refractivity contribution is 0.131. The van der Waals surface area contributed by atoms with Crippen LogP contribution in [0.4, 0.5) is 0 Å². The molecule has 0 amide bonds. The normalized spacial score (nSPS) is 48.6. The Labute approximate surface area is 85.8 Å². The third-order valence-corrected chi connectivity index (χ3v) is 4.35. The van der Waals surface area contributed by atoms with Gasteiger partial charge in [0.05, 0.1) is 6.61 Å². The molecule has 0 aromatic heterocycles. The van der Waals surface area contributed by atoms with Crippen molar-refractivity contribution in [1.82, 2.24) is 10.2 Å². The van der Waals surface area contributed by atoms with E-state index in [0.717, 1.165) is 37.1 Å². The van der Waals surface area contributed by atoms with Crippen LogP contribution in [0, 0.1) is 11.8 Å². The largest absolute Gasteiger partial charge is 0.380 e. The first-order chi connectivity index (χ1) is 6.86. The van der Waals surface area contributed by atoms with Crippen LogP contribution in [0.5, 0.6) is 0 Å². The van der Waals surface area contributed by atoms with E-state index < -0.39 is 0 Å². The van der Waals surface area contributed by atoms with Crippen molar-refractivity contribution in [1.29, 1.82) is 0 Å². The fourth-order valence-corrected chi connectivity index (χ4v) is 3.47. The maximum absolute atomic E-state index is 5.48. The lowest BCUT2D eigenvalue weighted by Crippen LogP contribution is -2.41. The zero-order valence-corrected chi connectivity index (χ0v) is 8.91. The van der Waals surface area contributed by atoms with Crippen LogP contribution in [0.3, 0.4) is 0 Å². The topological polar surface area (TPSA) is 24.5 Å². The summed E-state index contributed by atoms with van der Waals surface area (Å²) >= 11 is 0. The second kappa shape index (κ2) is 3.47. The monoisotopic (exact) mass is 196 g/mol. The van der Waals surface area contributed by atoms with Gasteiger partial charge in [-0.1, -0.05) is 0 Å². The predicted molar refractivity (Wildman–Crippen MR) is 55.2 cm³/mol. The number of hydrogen-bond acceptors (Lipinski definition) is 3. The van der Waals surface area contributed by atoms with Crippen LogP contribution in [-0.2, 0) is 4.74 Å². The van der Waals surface area contributed by atoms with Crippen molar-refractivity contribution in [2.75, 3.05) is 32.8 Å². The summed E-state index contributed by atoms with van der Waals surface area (Å²) in [4.78, 5) is 2.70. The van der Waals surface area contributed by atoms with E-state index in [0.29, 0.717) is 0 Å². The SMILES string of the molecule is CC1C2CNCC2CN1C1CCOC1. The molecule has 3 rings (SSSR count). The van der Waals surface area contributed by atoms with E-state index in [-0.39, 0.29) is 0 Å². The minimum atomic E-state index is 0.718. The molecule has 3 heteroatoms. The first-order valence-corrected chi connectivity index (χ1v) is 5.90. The summed E-state index contributed by atoms with van der Waals surface area (Å²) in [7, 11) is 0. The summed E-state index contributed by atoms with van der Waals surface area (Å²) in [5.41, 5.74) is 0. The molecule has 3 nitrogen and oxygen atoms in total. The predicted octanol–water partition coefficient (Wildman–Crippen LogP) is 0.315. The van der Waals surface area contributed by atoms with Gasteiger partial charge in [-0.05, 0) is 38.3 Å². The van der Waals surface area contributed by atoms with Gasteiger partial charge in [-0.3, -0.25) is 4.90 Å². The van der Waals surface area contributed by atoms with Crippen LogP contribution in [0.25, 0.3) is 0 Å². The second-order valence-corrected chi connectivity index (χ2v) is 5.04. The van der Waals surface area contributed by atoms with Crippen LogP contribution >= 0.6 is 0 Å². The van der Waals surface area contributed by atoms with E-state index in [1.54, 1.807) is 0 Å². The molecule has 0 aromatic carbocycles. The molecule has 0 saturated carbocycles. The van der Waals surface area contributed by atoms with Gasteiger partial charge < -0.3 is 10.1 Å². The number of rotatable bonds is 1. The van der Waals surface area contributed by atoms with Crippen molar-refractivity contribution in [3.63, 3.8) is 0 Å². The van der Waals surface area contributed by atoms with Crippen molar-refractivity contribution in [3.8, 4) is 0 Å². The summed E-state index contributed by atoms with van der Waals surface area (Å²) in [6, 6.07) is 1.48. The van der Waals surface area contributed by atoms with Gasteiger partial charge >= 0.3 is 0 Å². The van der Waals surface area contributed by atoms with Crippen LogP contribution < -0.4 is 5.32 Å². The average Bonchev–Trinajstić information content (AvgIpc) is 2.84. The van der Waals surface area contributed by atoms with Crippen molar-refractivity contribution >= 4 is 0 Å². The molecular weight excluding hydrogens is 176 g/mol. The summed E-state index contributed by atoms with van der Waals surface area (Å²) in [5, 5.41) is 3.51. The van der Waals surface area contributed by atoms with Gasteiger partial charge in [0.25, 0.3) is 0 Å².